The van der Waals surface area contributed by atoms with Crippen LogP contribution in [-0.2, 0) is 31.9 Å². The summed E-state index contributed by atoms with van der Waals surface area (Å²) >= 11 is 1.55. The Labute approximate surface area is 174 Å². The molecule has 0 saturated carbocycles. The molecule has 0 saturated heterocycles. The summed E-state index contributed by atoms with van der Waals surface area (Å²) in [4.78, 5) is 26.7. The van der Waals surface area contributed by atoms with Gasteiger partial charge < -0.3 is 9.47 Å². The van der Waals surface area contributed by atoms with Crippen molar-refractivity contribution in [2.24, 2.45) is 0 Å². The Kier molecular flexibility index (Phi) is 6.73. The highest BCUT2D eigenvalue weighted by atomic mass is 32.2. The highest BCUT2D eigenvalue weighted by Gasteiger charge is 2.23. The predicted octanol–water partition coefficient (Wildman–Crippen LogP) is 4.32. The summed E-state index contributed by atoms with van der Waals surface area (Å²) < 4.78 is 10.1. The molecule has 0 spiro atoms. The van der Waals surface area contributed by atoms with Gasteiger partial charge in [-0.05, 0) is 61.6 Å². The van der Waals surface area contributed by atoms with E-state index in [4.69, 9.17) is 9.47 Å². The van der Waals surface area contributed by atoms with Crippen LogP contribution in [0.25, 0.3) is 6.08 Å². The van der Waals surface area contributed by atoms with Gasteiger partial charge in [-0.3, -0.25) is 0 Å². The van der Waals surface area contributed by atoms with E-state index in [1.807, 2.05) is 36.4 Å². The summed E-state index contributed by atoms with van der Waals surface area (Å²) in [6.07, 6.45) is 3.23. The summed E-state index contributed by atoms with van der Waals surface area (Å²) in [5.74, 6) is -1.40. The van der Waals surface area contributed by atoms with Gasteiger partial charge in [0.25, 0.3) is 0 Å². The zero-order valence-electron chi connectivity index (χ0n) is 16.4. The third kappa shape index (κ3) is 4.69. The average Bonchev–Trinajstić information content (AvgIpc) is 2.91. The van der Waals surface area contributed by atoms with Crippen LogP contribution in [-0.4, -0.2) is 25.2 Å². The van der Waals surface area contributed by atoms with E-state index in [9.17, 15) is 14.9 Å². The van der Waals surface area contributed by atoms with Crippen molar-refractivity contribution in [3.63, 3.8) is 0 Å². The zero-order valence-corrected chi connectivity index (χ0v) is 17.2. The van der Waals surface area contributed by atoms with Crippen molar-refractivity contribution in [2.45, 2.75) is 36.5 Å². The Hall–Kier alpha value is -3.04. The first-order valence-corrected chi connectivity index (χ1v) is 10.3. The Bertz CT molecular complexity index is 1000. The van der Waals surface area contributed by atoms with E-state index in [2.05, 4.69) is 6.07 Å². The number of nitriles is 1. The molecule has 2 aromatic rings. The van der Waals surface area contributed by atoms with Gasteiger partial charge in [0.1, 0.15) is 5.57 Å². The fourth-order valence-corrected chi connectivity index (χ4v) is 4.37. The second-order valence-electron chi connectivity index (χ2n) is 6.37. The summed E-state index contributed by atoms with van der Waals surface area (Å²) in [5, 5.41) is 9.23. The molecule has 0 atom stereocenters. The first-order chi connectivity index (χ1) is 14.1. The van der Waals surface area contributed by atoms with E-state index in [0.717, 1.165) is 33.8 Å². The number of benzene rings is 2. The monoisotopic (exact) mass is 407 g/mol. The van der Waals surface area contributed by atoms with Crippen molar-refractivity contribution < 1.29 is 19.1 Å². The molecule has 6 heteroatoms. The van der Waals surface area contributed by atoms with Crippen LogP contribution in [0.1, 0.15) is 36.1 Å². The normalized spacial score (nSPS) is 11.9. The number of rotatable bonds is 5. The van der Waals surface area contributed by atoms with E-state index >= 15 is 0 Å². The van der Waals surface area contributed by atoms with E-state index < -0.39 is 11.9 Å². The fourth-order valence-electron chi connectivity index (χ4n) is 3.12. The Morgan fingerprint density at radius 1 is 1.07 bits per heavy atom. The topological polar surface area (TPSA) is 76.4 Å². The van der Waals surface area contributed by atoms with Crippen LogP contribution in [0.2, 0.25) is 0 Å². The number of ether oxygens (including phenoxy) is 2. The molecule has 0 aliphatic carbocycles. The van der Waals surface area contributed by atoms with Gasteiger partial charge in [0, 0.05) is 9.79 Å². The van der Waals surface area contributed by atoms with Gasteiger partial charge in [-0.1, -0.05) is 36.0 Å². The van der Waals surface area contributed by atoms with Gasteiger partial charge >= 0.3 is 11.9 Å². The van der Waals surface area contributed by atoms with Crippen LogP contribution in [0.5, 0.6) is 0 Å². The van der Waals surface area contributed by atoms with E-state index in [-0.39, 0.29) is 18.8 Å². The molecular formula is C23H21NO4S. The molecule has 2 aromatic carbocycles. The second-order valence-corrected chi connectivity index (χ2v) is 7.42. The van der Waals surface area contributed by atoms with Gasteiger partial charge in [-0.2, -0.15) is 5.26 Å². The first kappa shape index (κ1) is 20.7. The number of aryl methyl sites for hydroxylation is 2. The van der Waals surface area contributed by atoms with Gasteiger partial charge in [-0.15, -0.1) is 0 Å². The number of hydrogen-bond acceptors (Lipinski definition) is 6. The summed E-state index contributed by atoms with van der Waals surface area (Å²) in [5.41, 5.74) is 3.53. The number of fused-ring (bicyclic) bond motifs is 2. The molecule has 0 radical (unpaired) electrons. The lowest BCUT2D eigenvalue weighted by Gasteiger charge is -2.12. The zero-order chi connectivity index (χ0) is 20.8. The predicted molar refractivity (Wildman–Crippen MR) is 110 cm³/mol. The lowest BCUT2D eigenvalue weighted by molar-refractivity contribution is -0.146. The first-order valence-electron chi connectivity index (χ1n) is 9.46. The standard InChI is InChI=1S/C23H21NO4S/c1-3-27-22(25)19(23(26)28-4-2)13-18-7-5-6-17-11-10-16-9-8-15(14-24)12-20(16)29-21(17)18/h5-9,12-13H,3-4,10-11H2,1-2H3. The summed E-state index contributed by atoms with van der Waals surface area (Å²) in [6, 6.07) is 13.7. The van der Waals surface area contributed by atoms with E-state index in [0.29, 0.717) is 5.56 Å². The van der Waals surface area contributed by atoms with Crippen LogP contribution in [0.3, 0.4) is 0 Å². The van der Waals surface area contributed by atoms with Crippen LogP contribution < -0.4 is 0 Å². The second kappa shape index (κ2) is 9.44. The molecule has 1 aliphatic rings. The molecule has 148 valence electrons. The molecule has 1 heterocycles. The maximum absolute atomic E-state index is 12.3. The molecule has 29 heavy (non-hydrogen) atoms. The van der Waals surface area contributed by atoms with E-state index in [1.54, 1.807) is 31.7 Å². The average molecular weight is 407 g/mol. The van der Waals surface area contributed by atoms with Crippen molar-refractivity contribution in [1.82, 2.24) is 0 Å². The molecule has 5 nitrogen and oxygen atoms in total. The highest BCUT2D eigenvalue weighted by Crippen LogP contribution is 2.40. The van der Waals surface area contributed by atoms with Crippen LogP contribution in [0.15, 0.2) is 51.8 Å². The quantitative estimate of drug-likeness (QED) is 0.318. The smallest absolute Gasteiger partial charge is 0.345 e. The summed E-state index contributed by atoms with van der Waals surface area (Å²) in [7, 11) is 0. The number of carbonyl (C=O) groups is 2. The molecule has 3 rings (SSSR count). The Morgan fingerprint density at radius 3 is 2.41 bits per heavy atom. The van der Waals surface area contributed by atoms with Gasteiger partial charge in [-0.25, -0.2) is 9.59 Å². The van der Waals surface area contributed by atoms with Crippen molar-refractivity contribution >= 4 is 29.8 Å². The number of hydrogen-bond donors (Lipinski definition) is 0. The van der Waals surface area contributed by atoms with Crippen molar-refractivity contribution in [1.29, 1.82) is 5.26 Å². The molecular weight excluding hydrogens is 386 g/mol. The Balaban J connectivity index is 2.08. The maximum Gasteiger partial charge on any atom is 0.345 e. The number of carbonyl (C=O) groups excluding carboxylic acids is 2. The minimum absolute atomic E-state index is 0.127. The molecule has 0 aromatic heterocycles. The van der Waals surface area contributed by atoms with Crippen molar-refractivity contribution in [3.8, 4) is 6.07 Å². The molecule has 0 fully saturated rings. The third-order valence-electron chi connectivity index (χ3n) is 4.49. The third-order valence-corrected chi connectivity index (χ3v) is 5.79. The highest BCUT2D eigenvalue weighted by molar-refractivity contribution is 7.99. The van der Waals surface area contributed by atoms with Crippen LogP contribution >= 0.6 is 11.8 Å². The number of nitrogens with zero attached hydrogens (tertiary/aromatic N) is 1. The molecule has 0 amide bonds. The lowest BCUT2D eigenvalue weighted by atomic mass is 10.0. The van der Waals surface area contributed by atoms with Crippen molar-refractivity contribution in [2.75, 3.05) is 13.2 Å². The SMILES string of the molecule is CCOC(=O)C(=Cc1cccc2c1Sc1cc(C#N)ccc1CC2)C(=O)OCC. The van der Waals surface area contributed by atoms with Crippen LogP contribution in [0, 0.1) is 11.3 Å². The van der Waals surface area contributed by atoms with E-state index in [1.165, 1.54) is 5.56 Å². The van der Waals surface area contributed by atoms with Gasteiger partial charge in [0.15, 0.2) is 0 Å². The lowest BCUT2D eigenvalue weighted by Crippen LogP contribution is -2.18. The van der Waals surface area contributed by atoms with Gasteiger partial charge in [0.05, 0.1) is 24.8 Å². The summed E-state index contributed by atoms with van der Waals surface area (Å²) in [6.45, 7) is 3.71. The fraction of sp³-hybridized carbons (Fsp3) is 0.261. The maximum atomic E-state index is 12.3. The number of esters is 2. The minimum Gasteiger partial charge on any atom is -0.462 e. The molecule has 1 aliphatic heterocycles. The molecule has 0 N–H and O–H groups in total. The minimum atomic E-state index is -0.700. The molecule has 0 unspecified atom stereocenters. The molecule has 0 bridgehead atoms. The largest absolute Gasteiger partial charge is 0.462 e. The van der Waals surface area contributed by atoms with Gasteiger partial charge in [0.2, 0.25) is 0 Å². The van der Waals surface area contributed by atoms with Crippen molar-refractivity contribution in [3.05, 3.63) is 64.2 Å². The van der Waals surface area contributed by atoms with Crippen LogP contribution in [0.4, 0.5) is 0 Å². The Morgan fingerprint density at radius 2 is 1.76 bits per heavy atom.